The minimum Gasteiger partial charge on any atom is -0.302 e. The van der Waals surface area contributed by atoms with E-state index in [4.69, 9.17) is 0 Å². The molecule has 0 amide bonds. The van der Waals surface area contributed by atoms with Crippen molar-refractivity contribution in [3.8, 4) is 11.8 Å². The SMILES string of the molecule is O=CCC#Cc1ccc(=O)[nH]n1. The summed E-state index contributed by atoms with van der Waals surface area (Å²) in [6.07, 6.45) is 0.888. The lowest BCUT2D eigenvalue weighted by Crippen LogP contribution is -2.05. The summed E-state index contributed by atoms with van der Waals surface area (Å²) < 4.78 is 0. The Balaban J connectivity index is 2.79. The van der Waals surface area contributed by atoms with Crippen LogP contribution < -0.4 is 5.56 Å². The Morgan fingerprint density at radius 2 is 2.42 bits per heavy atom. The number of nitrogens with zero attached hydrogens (tertiary/aromatic N) is 1. The molecule has 0 radical (unpaired) electrons. The third-order valence-corrected chi connectivity index (χ3v) is 1.08. The fraction of sp³-hybridized carbons (Fsp3) is 0.125. The van der Waals surface area contributed by atoms with Crippen molar-refractivity contribution in [1.29, 1.82) is 0 Å². The minimum absolute atomic E-state index is 0.181. The zero-order chi connectivity index (χ0) is 8.81. The Labute approximate surface area is 68.6 Å². The molecule has 1 heterocycles. The van der Waals surface area contributed by atoms with Gasteiger partial charge in [-0.25, -0.2) is 5.10 Å². The highest BCUT2D eigenvalue weighted by molar-refractivity contribution is 5.54. The summed E-state index contributed by atoms with van der Waals surface area (Å²) in [5.41, 5.74) is 0.187. The van der Waals surface area contributed by atoms with Gasteiger partial charge in [0.2, 0.25) is 0 Å². The predicted molar refractivity (Wildman–Crippen MR) is 42.4 cm³/mol. The monoisotopic (exact) mass is 162 g/mol. The normalized spacial score (nSPS) is 8.33. The number of nitrogens with one attached hydrogen (secondary N) is 1. The number of carbonyl (C=O) groups is 1. The van der Waals surface area contributed by atoms with Gasteiger partial charge in [0.1, 0.15) is 12.0 Å². The van der Waals surface area contributed by atoms with E-state index in [9.17, 15) is 9.59 Å². The molecule has 1 aromatic rings. The molecule has 1 aromatic heterocycles. The molecule has 12 heavy (non-hydrogen) atoms. The van der Waals surface area contributed by atoms with E-state index in [1.54, 1.807) is 0 Å². The third kappa shape index (κ3) is 2.39. The molecule has 0 unspecified atom stereocenters. The third-order valence-electron chi connectivity index (χ3n) is 1.08. The van der Waals surface area contributed by atoms with Gasteiger partial charge in [0.25, 0.3) is 5.56 Å². The molecule has 4 heteroatoms. The lowest BCUT2D eigenvalue weighted by molar-refractivity contribution is -0.107. The standard InChI is InChI=1S/C8H6N2O2/c11-6-2-1-3-7-4-5-8(12)10-9-7/h4-6H,2H2,(H,10,12). The van der Waals surface area contributed by atoms with E-state index < -0.39 is 0 Å². The van der Waals surface area contributed by atoms with Crippen molar-refractivity contribution in [3.63, 3.8) is 0 Å². The lowest BCUT2D eigenvalue weighted by Gasteiger charge is -1.84. The summed E-state index contributed by atoms with van der Waals surface area (Å²) in [6, 6.07) is 2.83. The number of carbonyl (C=O) groups excluding carboxylic acids is 1. The van der Waals surface area contributed by atoms with Crippen molar-refractivity contribution in [2.75, 3.05) is 0 Å². The van der Waals surface area contributed by atoms with E-state index in [1.807, 2.05) is 0 Å². The largest absolute Gasteiger partial charge is 0.302 e. The van der Waals surface area contributed by atoms with Crippen LogP contribution in [-0.2, 0) is 4.79 Å². The van der Waals surface area contributed by atoms with Crippen LogP contribution in [0.15, 0.2) is 16.9 Å². The minimum atomic E-state index is -0.268. The molecule has 0 bridgehead atoms. The van der Waals surface area contributed by atoms with Crippen LogP contribution in [0.2, 0.25) is 0 Å². The molecule has 1 N–H and O–H groups in total. The van der Waals surface area contributed by atoms with Gasteiger partial charge in [-0.1, -0.05) is 5.92 Å². The van der Waals surface area contributed by atoms with Crippen molar-refractivity contribution < 1.29 is 4.79 Å². The van der Waals surface area contributed by atoms with Gasteiger partial charge in [0.15, 0.2) is 0 Å². The molecule has 0 fully saturated rings. The van der Waals surface area contributed by atoms with Gasteiger partial charge < -0.3 is 4.79 Å². The summed E-state index contributed by atoms with van der Waals surface area (Å²) in [7, 11) is 0. The van der Waals surface area contributed by atoms with Gasteiger partial charge in [-0.3, -0.25) is 4.79 Å². The molecule has 1 rings (SSSR count). The number of hydrogen-bond acceptors (Lipinski definition) is 3. The maximum atomic E-state index is 10.5. The quantitative estimate of drug-likeness (QED) is 0.456. The highest BCUT2D eigenvalue weighted by Gasteiger charge is 1.85. The topological polar surface area (TPSA) is 62.8 Å². The number of aromatic nitrogens is 2. The number of H-pyrrole nitrogens is 1. The van der Waals surface area contributed by atoms with E-state index >= 15 is 0 Å². The zero-order valence-electron chi connectivity index (χ0n) is 6.20. The molecule has 0 saturated heterocycles. The second kappa shape index (κ2) is 4.09. The van der Waals surface area contributed by atoms with Crippen LogP contribution in [0.25, 0.3) is 0 Å². The van der Waals surface area contributed by atoms with Crippen molar-refractivity contribution in [1.82, 2.24) is 10.2 Å². The fourth-order valence-electron chi connectivity index (χ4n) is 0.597. The van der Waals surface area contributed by atoms with E-state index in [2.05, 4.69) is 22.0 Å². The Hall–Kier alpha value is -1.89. The zero-order valence-corrected chi connectivity index (χ0v) is 6.20. The molecule has 4 nitrogen and oxygen atoms in total. The summed E-state index contributed by atoms with van der Waals surface area (Å²) in [6.45, 7) is 0. The van der Waals surface area contributed by atoms with Crippen molar-refractivity contribution in [2.45, 2.75) is 6.42 Å². The van der Waals surface area contributed by atoms with Crippen molar-refractivity contribution >= 4 is 6.29 Å². The predicted octanol–water partition coefficient (Wildman–Crippen LogP) is -0.290. The highest BCUT2D eigenvalue weighted by Crippen LogP contribution is 1.83. The second-order valence-corrected chi connectivity index (χ2v) is 1.98. The highest BCUT2D eigenvalue weighted by atomic mass is 16.1. The first-order valence-electron chi connectivity index (χ1n) is 3.31. The lowest BCUT2D eigenvalue weighted by atomic mass is 10.3. The summed E-state index contributed by atoms with van der Waals surface area (Å²) in [5, 5.41) is 5.85. The second-order valence-electron chi connectivity index (χ2n) is 1.98. The molecule has 0 aromatic carbocycles. The number of aromatic amines is 1. The smallest absolute Gasteiger partial charge is 0.264 e. The number of aldehydes is 1. The van der Waals surface area contributed by atoms with Gasteiger partial charge in [-0.15, -0.1) is 0 Å². The summed E-state index contributed by atoms with van der Waals surface area (Å²) in [5.74, 6) is 5.18. The maximum absolute atomic E-state index is 10.5. The van der Waals surface area contributed by atoms with Crippen LogP contribution in [0.3, 0.4) is 0 Å². The molecule has 0 aliphatic carbocycles. The Morgan fingerprint density at radius 1 is 1.58 bits per heavy atom. The average Bonchev–Trinajstić information content (AvgIpc) is 2.09. The van der Waals surface area contributed by atoms with Gasteiger partial charge >= 0.3 is 0 Å². The number of rotatable bonds is 1. The van der Waals surface area contributed by atoms with E-state index in [0.717, 1.165) is 0 Å². The first-order valence-corrected chi connectivity index (χ1v) is 3.31. The van der Waals surface area contributed by atoms with Gasteiger partial charge in [-0.2, -0.15) is 5.10 Å². The summed E-state index contributed by atoms with van der Waals surface area (Å²) in [4.78, 5) is 20.4. The molecular weight excluding hydrogens is 156 g/mol. The first-order chi connectivity index (χ1) is 5.83. The van der Waals surface area contributed by atoms with E-state index in [-0.39, 0.29) is 12.0 Å². The van der Waals surface area contributed by atoms with Gasteiger partial charge in [0, 0.05) is 6.07 Å². The maximum Gasteiger partial charge on any atom is 0.264 e. The molecule has 0 atom stereocenters. The average molecular weight is 162 g/mol. The van der Waals surface area contributed by atoms with Gasteiger partial charge in [-0.05, 0) is 12.0 Å². The van der Waals surface area contributed by atoms with Crippen molar-refractivity contribution in [2.24, 2.45) is 0 Å². The molecule has 60 valence electrons. The molecular formula is C8H6N2O2. The van der Waals surface area contributed by atoms with Crippen LogP contribution in [0.1, 0.15) is 12.1 Å². The Kier molecular flexibility index (Phi) is 2.79. The van der Waals surface area contributed by atoms with Gasteiger partial charge in [0.05, 0.1) is 6.42 Å². The van der Waals surface area contributed by atoms with E-state index in [1.165, 1.54) is 12.1 Å². The fourth-order valence-corrected chi connectivity index (χ4v) is 0.597. The molecule has 0 saturated carbocycles. The van der Waals surface area contributed by atoms with Crippen molar-refractivity contribution in [3.05, 3.63) is 28.2 Å². The Bertz CT molecular complexity index is 364. The molecule has 0 aliphatic heterocycles. The van der Waals surface area contributed by atoms with Crippen LogP contribution in [0.5, 0.6) is 0 Å². The van der Waals surface area contributed by atoms with Crippen LogP contribution >= 0.6 is 0 Å². The summed E-state index contributed by atoms with van der Waals surface area (Å²) >= 11 is 0. The van der Waals surface area contributed by atoms with E-state index in [0.29, 0.717) is 12.0 Å². The Morgan fingerprint density at radius 3 is 3.00 bits per heavy atom. The van der Waals surface area contributed by atoms with Crippen LogP contribution in [-0.4, -0.2) is 16.5 Å². The molecule has 0 spiro atoms. The van der Waals surface area contributed by atoms with Crippen LogP contribution in [0.4, 0.5) is 0 Å². The number of hydrogen-bond donors (Lipinski definition) is 1. The van der Waals surface area contributed by atoms with Crippen LogP contribution in [0, 0.1) is 11.8 Å². The first kappa shape index (κ1) is 8.21. The molecule has 0 aliphatic rings.